The molecule has 41 heavy (non-hydrogen) atoms. The number of sulfonamides is 1. The van der Waals surface area contributed by atoms with E-state index in [9.17, 15) is 18.0 Å². The highest BCUT2D eigenvalue weighted by molar-refractivity contribution is 7.92. The largest absolute Gasteiger partial charge is 0.497 e. The van der Waals surface area contributed by atoms with Crippen molar-refractivity contribution in [1.29, 1.82) is 0 Å². The molecule has 220 valence electrons. The third-order valence-corrected chi connectivity index (χ3v) is 8.39. The van der Waals surface area contributed by atoms with E-state index in [0.29, 0.717) is 23.1 Å². The van der Waals surface area contributed by atoms with Gasteiger partial charge >= 0.3 is 0 Å². The first-order valence-corrected chi connectivity index (χ1v) is 14.6. The van der Waals surface area contributed by atoms with Gasteiger partial charge in [0.05, 0.1) is 31.9 Å². The van der Waals surface area contributed by atoms with Gasteiger partial charge in [-0.15, -0.1) is 0 Å². The molecule has 0 spiro atoms. The molecule has 3 aromatic rings. The Morgan fingerprint density at radius 2 is 1.54 bits per heavy atom. The Bertz CT molecular complexity index is 1450. The van der Waals surface area contributed by atoms with Gasteiger partial charge in [-0.25, -0.2) is 8.42 Å². The first kappa shape index (κ1) is 31.6. The molecule has 10 nitrogen and oxygen atoms in total. The lowest BCUT2D eigenvalue weighted by Gasteiger charge is -2.32. The van der Waals surface area contributed by atoms with E-state index in [1.807, 2.05) is 0 Å². The second-order valence-corrected chi connectivity index (χ2v) is 11.2. The van der Waals surface area contributed by atoms with Crippen molar-refractivity contribution in [3.8, 4) is 17.2 Å². The lowest BCUT2D eigenvalue weighted by atomic mass is 10.1. The number of rotatable bonds is 13. The summed E-state index contributed by atoms with van der Waals surface area (Å²) < 4.78 is 44.8. The lowest BCUT2D eigenvalue weighted by molar-refractivity contribution is -0.139. The maximum atomic E-state index is 14.0. The Kier molecular flexibility index (Phi) is 10.8. The van der Waals surface area contributed by atoms with Crippen molar-refractivity contribution in [3.05, 3.63) is 77.3 Å². The second-order valence-electron chi connectivity index (χ2n) is 8.95. The minimum Gasteiger partial charge on any atom is -0.497 e. The monoisotopic (exact) mass is 603 g/mol. The number of ether oxygens (including phenoxy) is 3. The number of anilines is 1. The van der Waals surface area contributed by atoms with Gasteiger partial charge in [0.25, 0.3) is 10.0 Å². The highest BCUT2D eigenvalue weighted by atomic mass is 35.5. The molecule has 0 heterocycles. The van der Waals surface area contributed by atoms with Crippen LogP contribution in [0.2, 0.25) is 5.02 Å². The van der Waals surface area contributed by atoms with E-state index in [1.165, 1.54) is 61.6 Å². The minimum atomic E-state index is -4.30. The fourth-order valence-corrected chi connectivity index (χ4v) is 5.63. The molecule has 3 rings (SSSR count). The second kappa shape index (κ2) is 14.1. The fraction of sp³-hybridized carbons (Fsp3) is 0.310. The molecule has 12 heteroatoms. The summed E-state index contributed by atoms with van der Waals surface area (Å²) in [5.41, 5.74) is 0.948. The number of halogens is 1. The summed E-state index contributed by atoms with van der Waals surface area (Å²) in [6.45, 7) is 3.22. The molecule has 0 saturated carbocycles. The van der Waals surface area contributed by atoms with Crippen molar-refractivity contribution in [2.45, 2.75) is 31.3 Å². The molecule has 0 aliphatic carbocycles. The summed E-state index contributed by atoms with van der Waals surface area (Å²) in [5.74, 6) is 0.246. The molecule has 0 bridgehead atoms. The first-order chi connectivity index (χ1) is 19.5. The van der Waals surface area contributed by atoms with Gasteiger partial charge in [-0.3, -0.25) is 13.9 Å². The number of likely N-dealkylation sites (N-methyl/N-ethyl adjacent to an activating group) is 1. The number of methoxy groups -OCH3 is 3. The number of carbonyl (C=O) groups is 2. The van der Waals surface area contributed by atoms with Gasteiger partial charge in [0.1, 0.15) is 18.3 Å². The zero-order valence-corrected chi connectivity index (χ0v) is 25.2. The summed E-state index contributed by atoms with van der Waals surface area (Å²) >= 11 is 6.07. The first-order valence-electron chi connectivity index (χ1n) is 12.8. The molecule has 1 unspecified atom stereocenters. The molecule has 0 saturated heterocycles. The van der Waals surface area contributed by atoms with Crippen LogP contribution in [0.5, 0.6) is 17.2 Å². The smallest absolute Gasteiger partial charge is 0.264 e. The maximum absolute atomic E-state index is 14.0. The van der Waals surface area contributed by atoms with Gasteiger partial charge < -0.3 is 24.4 Å². The average molecular weight is 604 g/mol. The van der Waals surface area contributed by atoms with Crippen LogP contribution >= 0.6 is 11.6 Å². The number of nitrogens with zero attached hydrogens (tertiary/aromatic N) is 2. The molecule has 1 N–H and O–H groups in total. The Morgan fingerprint density at radius 1 is 0.902 bits per heavy atom. The topological polar surface area (TPSA) is 114 Å². The van der Waals surface area contributed by atoms with Crippen molar-refractivity contribution < 1.29 is 32.2 Å². The number of amides is 2. The Labute approximate surface area is 245 Å². The number of nitrogens with one attached hydrogen (secondary N) is 1. The average Bonchev–Trinajstić information content (AvgIpc) is 2.98. The Morgan fingerprint density at radius 3 is 2.10 bits per heavy atom. The zero-order chi connectivity index (χ0) is 30.2. The Balaban J connectivity index is 2.05. The molecule has 0 fully saturated rings. The van der Waals surface area contributed by atoms with Crippen molar-refractivity contribution in [2.75, 3.05) is 38.7 Å². The molecule has 0 aromatic heterocycles. The SMILES string of the molecule is CCNC(=O)C(C)N(Cc1ccc(OC)cc1)C(=O)CN(c1ccc(Cl)cc1)S(=O)(=O)c1ccc(OC)c(OC)c1. The normalized spacial score (nSPS) is 11.8. The highest BCUT2D eigenvalue weighted by Crippen LogP contribution is 2.32. The number of carbonyl (C=O) groups excluding carboxylic acids is 2. The third kappa shape index (κ3) is 7.62. The van der Waals surface area contributed by atoms with Crippen LogP contribution in [0.25, 0.3) is 0 Å². The van der Waals surface area contributed by atoms with Gasteiger partial charge in [0.15, 0.2) is 11.5 Å². The van der Waals surface area contributed by atoms with E-state index in [2.05, 4.69) is 5.32 Å². The van der Waals surface area contributed by atoms with Crippen molar-refractivity contribution >= 4 is 39.1 Å². The van der Waals surface area contributed by atoms with Crippen molar-refractivity contribution in [2.24, 2.45) is 0 Å². The van der Waals surface area contributed by atoms with Crippen LogP contribution in [-0.4, -0.2) is 65.6 Å². The molecular formula is C29H34ClN3O7S. The van der Waals surface area contributed by atoms with Gasteiger partial charge in [0, 0.05) is 24.2 Å². The van der Waals surface area contributed by atoms with Gasteiger partial charge in [-0.1, -0.05) is 23.7 Å². The van der Waals surface area contributed by atoms with Crippen LogP contribution in [0.15, 0.2) is 71.6 Å². The van der Waals surface area contributed by atoms with Crippen LogP contribution < -0.4 is 23.8 Å². The standard InChI is InChI=1S/C29H34ClN3O7S/c1-6-31-29(35)20(2)32(18-21-7-13-24(38-3)14-8-21)28(34)19-33(23-11-9-22(30)10-12-23)41(36,37)25-15-16-26(39-4)27(17-25)40-5/h7-17,20H,6,18-19H2,1-5H3,(H,31,35). The van der Waals surface area contributed by atoms with E-state index in [1.54, 1.807) is 45.2 Å². The third-order valence-electron chi connectivity index (χ3n) is 6.37. The van der Waals surface area contributed by atoms with Crippen LogP contribution in [0.1, 0.15) is 19.4 Å². The summed E-state index contributed by atoms with van der Waals surface area (Å²) in [4.78, 5) is 28.0. The minimum absolute atomic E-state index is 0.0615. The molecule has 0 aliphatic heterocycles. The molecule has 1 atom stereocenters. The van der Waals surface area contributed by atoms with Gasteiger partial charge in [-0.05, 0) is 67.9 Å². The number of hydrogen-bond acceptors (Lipinski definition) is 7. The van der Waals surface area contributed by atoms with E-state index < -0.39 is 28.5 Å². The molecule has 0 aliphatic rings. The summed E-state index contributed by atoms with van der Waals surface area (Å²) in [7, 11) is 0.0865. The molecule has 3 aromatic carbocycles. The maximum Gasteiger partial charge on any atom is 0.264 e. The predicted molar refractivity (Wildman–Crippen MR) is 157 cm³/mol. The fourth-order valence-electron chi connectivity index (χ4n) is 4.07. The van der Waals surface area contributed by atoms with Crippen molar-refractivity contribution in [1.82, 2.24) is 10.2 Å². The summed E-state index contributed by atoms with van der Waals surface area (Å²) in [6.07, 6.45) is 0. The van der Waals surface area contributed by atoms with E-state index >= 15 is 0 Å². The van der Waals surface area contributed by atoms with Crippen LogP contribution in [0, 0.1) is 0 Å². The van der Waals surface area contributed by atoms with Gasteiger partial charge in [-0.2, -0.15) is 0 Å². The molecule has 0 radical (unpaired) electrons. The predicted octanol–water partition coefficient (Wildman–Crippen LogP) is 4.11. The summed E-state index contributed by atoms with van der Waals surface area (Å²) in [5, 5.41) is 3.13. The quantitative estimate of drug-likeness (QED) is 0.313. The van der Waals surface area contributed by atoms with Crippen LogP contribution in [0.3, 0.4) is 0 Å². The number of hydrogen-bond donors (Lipinski definition) is 1. The van der Waals surface area contributed by atoms with E-state index in [-0.39, 0.29) is 28.8 Å². The molecule has 2 amide bonds. The highest BCUT2D eigenvalue weighted by Gasteiger charge is 2.33. The number of benzene rings is 3. The van der Waals surface area contributed by atoms with Gasteiger partial charge in [0.2, 0.25) is 11.8 Å². The lowest BCUT2D eigenvalue weighted by Crippen LogP contribution is -2.51. The van der Waals surface area contributed by atoms with Crippen LogP contribution in [0.4, 0.5) is 5.69 Å². The van der Waals surface area contributed by atoms with E-state index in [4.69, 9.17) is 25.8 Å². The summed E-state index contributed by atoms with van der Waals surface area (Å²) in [6, 6.07) is 16.4. The van der Waals surface area contributed by atoms with Crippen molar-refractivity contribution in [3.63, 3.8) is 0 Å². The van der Waals surface area contributed by atoms with Crippen LogP contribution in [-0.2, 0) is 26.2 Å². The Hall–Kier alpha value is -3.96. The molecular weight excluding hydrogens is 570 g/mol. The van der Waals surface area contributed by atoms with E-state index in [0.717, 1.165) is 9.87 Å². The zero-order valence-electron chi connectivity index (χ0n) is 23.6.